The zero-order valence-corrected chi connectivity index (χ0v) is 11.6. The van der Waals surface area contributed by atoms with Gasteiger partial charge in [-0.05, 0) is 24.8 Å². The maximum atomic E-state index is 11.3. The molecule has 0 unspecified atom stereocenters. The summed E-state index contributed by atoms with van der Waals surface area (Å²) < 4.78 is 5.38. The molecule has 1 aromatic carbocycles. The van der Waals surface area contributed by atoms with E-state index in [0.717, 1.165) is 24.8 Å². The summed E-state index contributed by atoms with van der Waals surface area (Å²) in [6, 6.07) is 8.23. The number of benzene rings is 1. The summed E-state index contributed by atoms with van der Waals surface area (Å²) in [6.45, 7) is 2.13. The number of aromatic nitrogens is 2. The summed E-state index contributed by atoms with van der Waals surface area (Å²) in [6.07, 6.45) is 3.94. The summed E-state index contributed by atoms with van der Waals surface area (Å²) in [5, 5.41) is 4.07. The number of hydrogen-bond acceptors (Lipinski definition) is 4. The van der Waals surface area contributed by atoms with Gasteiger partial charge in [-0.2, -0.15) is 4.98 Å². The molecule has 1 aliphatic rings. The van der Waals surface area contributed by atoms with E-state index in [1.54, 1.807) is 0 Å². The van der Waals surface area contributed by atoms with E-state index in [0.29, 0.717) is 30.3 Å². The van der Waals surface area contributed by atoms with Crippen molar-refractivity contribution in [1.82, 2.24) is 10.1 Å². The van der Waals surface area contributed by atoms with Gasteiger partial charge in [0.15, 0.2) is 0 Å². The van der Waals surface area contributed by atoms with Crippen LogP contribution in [0.1, 0.15) is 50.0 Å². The number of carbonyl (C=O) groups is 1. The fourth-order valence-electron chi connectivity index (χ4n) is 2.59. The normalized spacial score (nSPS) is 16.6. The van der Waals surface area contributed by atoms with Gasteiger partial charge in [0.2, 0.25) is 11.7 Å². The Hall–Kier alpha value is -1.97. The minimum absolute atomic E-state index is 0.240. The standard InChI is InChI=1S/C16H18N2O2/c1-2-11-3-5-12(6-4-11)15-17-16(20-18-15)13-7-9-14(19)10-8-13/h3-6,13H,2,7-10H2,1H3. The van der Waals surface area contributed by atoms with Gasteiger partial charge in [0, 0.05) is 24.3 Å². The third-order valence-corrected chi connectivity index (χ3v) is 3.95. The fraction of sp³-hybridized carbons (Fsp3) is 0.438. The van der Waals surface area contributed by atoms with Crippen LogP contribution >= 0.6 is 0 Å². The number of carbonyl (C=O) groups excluding carboxylic acids is 1. The first kappa shape index (κ1) is 13.0. The Bertz CT molecular complexity index is 591. The van der Waals surface area contributed by atoms with Crippen molar-refractivity contribution in [3.05, 3.63) is 35.7 Å². The van der Waals surface area contributed by atoms with Gasteiger partial charge in [0.1, 0.15) is 5.78 Å². The lowest BCUT2D eigenvalue weighted by atomic mass is 9.88. The molecule has 0 atom stereocenters. The molecular formula is C16H18N2O2. The second kappa shape index (κ2) is 5.57. The van der Waals surface area contributed by atoms with E-state index in [9.17, 15) is 4.79 Å². The number of rotatable bonds is 3. The highest BCUT2D eigenvalue weighted by atomic mass is 16.5. The predicted molar refractivity (Wildman–Crippen MR) is 75.3 cm³/mol. The summed E-state index contributed by atoms with van der Waals surface area (Å²) >= 11 is 0. The molecule has 0 bridgehead atoms. The first-order chi connectivity index (χ1) is 9.76. The van der Waals surface area contributed by atoms with Gasteiger partial charge in [-0.15, -0.1) is 0 Å². The number of ketones is 1. The van der Waals surface area contributed by atoms with Gasteiger partial charge >= 0.3 is 0 Å². The highest BCUT2D eigenvalue weighted by molar-refractivity contribution is 5.79. The molecule has 1 aliphatic carbocycles. The summed E-state index contributed by atoms with van der Waals surface area (Å²) in [5.74, 6) is 1.90. The highest BCUT2D eigenvalue weighted by Crippen LogP contribution is 2.31. The Morgan fingerprint density at radius 1 is 1.20 bits per heavy atom. The first-order valence-electron chi connectivity index (χ1n) is 7.21. The van der Waals surface area contributed by atoms with Gasteiger partial charge in [-0.25, -0.2) is 0 Å². The van der Waals surface area contributed by atoms with E-state index >= 15 is 0 Å². The van der Waals surface area contributed by atoms with Crippen molar-refractivity contribution < 1.29 is 9.32 Å². The van der Waals surface area contributed by atoms with E-state index in [-0.39, 0.29) is 5.92 Å². The Morgan fingerprint density at radius 3 is 2.55 bits per heavy atom. The Balaban J connectivity index is 1.77. The lowest BCUT2D eigenvalue weighted by molar-refractivity contribution is -0.120. The minimum Gasteiger partial charge on any atom is -0.339 e. The number of nitrogens with zero attached hydrogens (tertiary/aromatic N) is 2. The maximum Gasteiger partial charge on any atom is 0.230 e. The monoisotopic (exact) mass is 270 g/mol. The summed E-state index contributed by atoms with van der Waals surface area (Å²) in [7, 11) is 0. The predicted octanol–water partition coefficient (Wildman–Crippen LogP) is 3.53. The molecule has 4 nitrogen and oxygen atoms in total. The van der Waals surface area contributed by atoms with Crippen molar-refractivity contribution in [3.8, 4) is 11.4 Å². The zero-order valence-electron chi connectivity index (χ0n) is 11.6. The lowest BCUT2D eigenvalue weighted by Gasteiger charge is -2.16. The average molecular weight is 270 g/mol. The van der Waals surface area contributed by atoms with Crippen LogP contribution in [0, 0.1) is 0 Å². The molecular weight excluding hydrogens is 252 g/mol. The van der Waals surface area contributed by atoms with Crippen molar-refractivity contribution in [1.29, 1.82) is 0 Å². The van der Waals surface area contributed by atoms with Crippen LogP contribution in [0.15, 0.2) is 28.8 Å². The van der Waals surface area contributed by atoms with Crippen LogP contribution in [0.25, 0.3) is 11.4 Å². The third-order valence-electron chi connectivity index (χ3n) is 3.95. The minimum atomic E-state index is 0.240. The third kappa shape index (κ3) is 2.64. The second-order valence-corrected chi connectivity index (χ2v) is 5.32. The van der Waals surface area contributed by atoms with E-state index in [2.05, 4.69) is 29.2 Å². The number of hydrogen-bond donors (Lipinski definition) is 0. The van der Waals surface area contributed by atoms with Gasteiger partial charge in [-0.3, -0.25) is 4.79 Å². The average Bonchev–Trinajstić information content (AvgIpc) is 2.98. The van der Waals surface area contributed by atoms with Crippen LogP contribution < -0.4 is 0 Å². The molecule has 0 aliphatic heterocycles. The van der Waals surface area contributed by atoms with E-state index < -0.39 is 0 Å². The molecule has 3 rings (SSSR count). The van der Waals surface area contributed by atoms with Crippen molar-refractivity contribution in [2.45, 2.75) is 44.9 Å². The van der Waals surface area contributed by atoms with E-state index in [1.807, 2.05) is 12.1 Å². The van der Waals surface area contributed by atoms with Crippen molar-refractivity contribution in [3.63, 3.8) is 0 Å². The zero-order chi connectivity index (χ0) is 13.9. The molecule has 104 valence electrons. The van der Waals surface area contributed by atoms with Gasteiger partial charge in [0.25, 0.3) is 0 Å². The largest absolute Gasteiger partial charge is 0.339 e. The molecule has 1 heterocycles. The molecule has 2 aromatic rings. The van der Waals surface area contributed by atoms with Crippen LogP contribution in [0.3, 0.4) is 0 Å². The molecule has 0 radical (unpaired) electrons. The lowest BCUT2D eigenvalue weighted by Crippen LogP contribution is -2.12. The Morgan fingerprint density at radius 2 is 1.90 bits per heavy atom. The highest BCUT2D eigenvalue weighted by Gasteiger charge is 2.25. The molecule has 1 saturated carbocycles. The topological polar surface area (TPSA) is 56.0 Å². The molecule has 0 amide bonds. The second-order valence-electron chi connectivity index (χ2n) is 5.32. The van der Waals surface area contributed by atoms with Crippen molar-refractivity contribution in [2.24, 2.45) is 0 Å². The molecule has 1 aromatic heterocycles. The van der Waals surface area contributed by atoms with Crippen LogP contribution in [-0.4, -0.2) is 15.9 Å². The van der Waals surface area contributed by atoms with Crippen LogP contribution in [0.5, 0.6) is 0 Å². The SMILES string of the molecule is CCc1ccc(-c2noc(C3CCC(=O)CC3)n2)cc1. The molecule has 0 saturated heterocycles. The molecule has 20 heavy (non-hydrogen) atoms. The Labute approximate surface area is 118 Å². The number of aryl methyl sites for hydroxylation is 1. The summed E-state index contributed by atoms with van der Waals surface area (Å²) in [4.78, 5) is 15.8. The maximum absolute atomic E-state index is 11.3. The van der Waals surface area contributed by atoms with Crippen LogP contribution in [0.4, 0.5) is 0 Å². The summed E-state index contributed by atoms with van der Waals surface area (Å²) in [5.41, 5.74) is 2.27. The van der Waals surface area contributed by atoms with Crippen molar-refractivity contribution >= 4 is 5.78 Å². The molecule has 1 fully saturated rings. The van der Waals surface area contributed by atoms with Crippen LogP contribution in [-0.2, 0) is 11.2 Å². The Kier molecular flexibility index (Phi) is 3.63. The first-order valence-corrected chi connectivity index (χ1v) is 7.21. The van der Waals surface area contributed by atoms with Gasteiger partial charge < -0.3 is 4.52 Å². The fourth-order valence-corrected chi connectivity index (χ4v) is 2.59. The van der Waals surface area contributed by atoms with Gasteiger partial charge in [-0.1, -0.05) is 36.3 Å². The van der Waals surface area contributed by atoms with Crippen LogP contribution in [0.2, 0.25) is 0 Å². The van der Waals surface area contributed by atoms with E-state index in [1.165, 1.54) is 5.56 Å². The molecule has 0 N–H and O–H groups in total. The van der Waals surface area contributed by atoms with Crippen molar-refractivity contribution in [2.75, 3.05) is 0 Å². The quantitative estimate of drug-likeness (QED) is 0.856. The smallest absolute Gasteiger partial charge is 0.230 e. The van der Waals surface area contributed by atoms with Gasteiger partial charge in [0.05, 0.1) is 0 Å². The molecule has 0 spiro atoms. The van der Waals surface area contributed by atoms with E-state index in [4.69, 9.17) is 4.52 Å². The number of Topliss-reactive ketones (excluding diaryl/α,β-unsaturated/α-hetero) is 1. The molecule has 4 heteroatoms.